The smallest absolute Gasteiger partial charge is 0.371 e. The fourth-order valence-electron chi connectivity index (χ4n) is 4.29. The average Bonchev–Trinajstić information content (AvgIpc) is 3.63. The van der Waals surface area contributed by atoms with Gasteiger partial charge in [0.25, 0.3) is 0 Å². The van der Waals surface area contributed by atoms with E-state index in [-0.39, 0.29) is 30.0 Å². The van der Waals surface area contributed by atoms with E-state index in [9.17, 15) is 14.4 Å². The van der Waals surface area contributed by atoms with Crippen LogP contribution in [0.1, 0.15) is 54.8 Å². The molecule has 2 aromatic carbocycles. The van der Waals surface area contributed by atoms with E-state index in [1.807, 2.05) is 68.4 Å². The predicted molar refractivity (Wildman–Crippen MR) is 155 cm³/mol. The van der Waals surface area contributed by atoms with Gasteiger partial charge >= 0.3 is 5.97 Å². The second-order valence-corrected chi connectivity index (χ2v) is 9.31. The summed E-state index contributed by atoms with van der Waals surface area (Å²) in [6.07, 6.45) is 3.02. The number of amides is 2. The van der Waals surface area contributed by atoms with Crippen molar-refractivity contribution in [3.05, 3.63) is 102 Å². The number of benzene rings is 2. The number of rotatable bonds is 9. The molecule has 5 rings (SSSR count). The number of carbonyl (C=O) groups excluding carboxylic acids is 2. The molecule has 0 spiro atoms. The Bertz CT molecular complexity index is 1590. The lowest BCUT2D eigenvalue weighted by Crippen LogP contribution is -2.33. The summed E-state index contributed by atoms with van der Waals surface area (Å²) in [5, 5.41) is 9.05. The highest BCUT2D eigenvalue weighted by atomic mass is 16.4. The number of aromatic amines is 1. The molecule has 3 aromatic heterocycles. The number of carboxylic acid groups (broad SMARTS) is 1. The Morgan fingerprint density at radius 3 is 2.34 bits per heavy atom. The van der Waals surface area contributed by atoms with Crippen LogP contribution in [0.15, 0.2) is 89.5 Å². The number of furan rings is 1. The second-order valence-electron chi connectivity index (χ2n) is 9.31. The summed E-state index contributed by atoms with van der Waals surface area (Å²) in [6.45, 7) is 3.92. The Kier molecular flexibility index (Phi) is 9.26. The minimum Gasteiger partial charge on any atom is -0.475 e. The van der Waals surface area contributed by atoms with Gasteiger partial charge in [0.15, 0.2) is 0 Å². The molecule has 0 aliphatic heterocycles. The minimum absolute atomic E-state index is 0.00867. The summed E-state index contributed by atoms with van der Waals surface area (Å²) < 4.78 is 5.37. The highest BCUT2D eigenvalue weighted by Gasteiger charge is 2.25. The molecule has 0 fully saturated rings. The molecule has 210 valence electrons. The molecule has 10 nitrogen and oxygen atoms in total. The highest BCUT2D eigenvalue weighted by molar-refractivity contribution is 5.94. The molecule has 0 bridgehead atoms. The molecule has 0 saturated heterocycles. The molecule has 1 atom stereocenters. The molecule has 5 aromatic rings. The standard InChI is InChI=1S/C24H23N3O4.C7H8N2O/c1-3-6-22(28)27(15(2)23-25-18-7-4-5-8-19(18)26-23)17-11-9-16(10-12-17)20-13-14-21(31-20)24(29)30;8-7(10)5-6-3-1-2-4-9-6/h4-5,7-15H,3,6H2,1-2H3,(H,25,26)(H,29,30);1-4H,5H2,(H2,8,10). The van der Waals surface area contributed by atoms with Gasteiger partial charge in [-0.15, -0.1) is 0 Å². The topological polar surface area (TPSA) is 155 Å². The van der Waals surface area contributed by atoms with Crippen molar-refractivity contribution in [3.63, 3.8) is 0 Å². The first-order chi connectivity index (χ1) is 19.8. The van der Waals surface area contributed by atoms with Crippen molar-refractivity contribution in [1.82, 2.24) is 15.0 Å². The van der Waals surface area contributed by atoms with Crippen molar-refractivity contribution in [3.8, 4) is 11.3 Å². The minimum atomic E-state index is -1.11. The van der Waals surface area contributed by atoms with Crippen LogP contribution in [0.2, 0.25) is 0 Å². The monoisotopic (exact) mass is 553 g/mol. The zero-order valence-corrected chi connectivity index (χ0v) is 22.8. The fourth-order valence-corrected chi connectivity index (χ4v) is 4.29. The normalized spacial score (nSPS) is 11.4. The quantitative estimate of drug-likeness (QED) is 0.217. The largest absolute Gasteiger partial charge is 0.475 e. The fraction of sp³-hybridized carbons (Fsp3) is 0.194. The van der Waals surface area contributed by atoms with Crippen LogP contribution >= 0.6 is 0 Å². The molecule has 0 saturated carbocycles. The van der Waals surface area contributed by atoms with E-state index < -0.39 is 5.97 Å². The molecule has 41 heavy (non-hydrogen) atoms. The van der Waals surface area contributed by atoms with E-state index in [1.54, 1.807) is 29.3 Å². The Morgan fingerprint density at radius 2 is 1.73 bits per heavy atom. The molecule has 4 N–H and O–H groups in total. The summed E-state index contributed by atoms with van der Waals surface area (Å²) in [5.41, 5.74) is 8.91. The van der Waals surface area contributed by atoms with Crippen molar-refractivity contribution in [2.45, 2.75) is 39.2 Å². The zero-order chi connectivity index (χ0) is 29.4. The Labute approximate surface area is 236 Å². The van der Waals surface area contributed by atoms with E-state index in [0.717, 1.165) is 34.4 Å². The number of aromatic carboxylic acids is 1. The van der Waals surface area contributed by atoms with Crippen LogP contribution < -0.4 is 10.6 Å². The number of H-pyrrole nitrogens is 1. The number of para-hydroxylation sites is 2. The number of anilines is 1. The van der Waals surface area contributed by atoms with Crippen LogP contribution in [-0.4, -0.2) is 37.8 Å². The molecule has 2 amide bonds. The van der Waals surface area contributed by atoms with Crippen LogP contribution in [0.4, 0.5) is 5.69 Å². The molecule has 1 unspecified atom stereocenters. The maximum absolute atomic E-state index is 13.0. The van der Waals surface area contributed by atoms with Gasteiger partial charge in [-0.2, -0.15) is 0 Å². The van der Waals surface area contributed by atoms with Gasteiger partial charge in [0.2, 0.25) is 17.6 Å². The van der Waals surface area contributed by atoms with Gasteiger partial charge in [-0.1, -0.05) is 25.1 Å². The third kappa shape index (κ3) is 7.24. The maximum atomic E-state index is 13.0. The van der Waals surface area contributed by atoms with Crippen molar-refractivity contribution in [2.75, 3.05) is 4.90 Å². The molecule has 0 radical (unpaired) electrons. The number of aromatic nitrogens is 3. The van der Waals surface area contributed by atoms with Gasteiger partial charge in [0.1, 0.15) is 11.6 Å². The third-order valence-corrected chi connectivity index (χ3v) is 6.25. The molecular formula is C31H31N5O5. The van der Waals surface area contributed by atoms with Gasteiger partial charge in [0.05, 0.1) is 23.5 Å². The lowest BCUT2D eigenvalue weighted by atomic mass is 10.1. The van der Waals surface area contributed by atoms with E-state index >= 15 is 0 Å². The van der Waals surface area contributed by atoms with Crippen LogP contribution in [0, 0.1) is 0 Å². The zero-order valence-electron chi connectivity index (χ0n) is 22.8. The van der Waals surface area contributed by atoms with Crippen LogP contribution in [-0.2, 0) is 16.0 Å². The maximum Gasteiger partial charge on any atom is 0.371 e. The van der Waals surface area contributed by atoms with Gasteiger partial charge < -0.3 is 25.1 Å². The third-order valence-electron chi connectivity index (χ3n) is 6.25. The van der Waals surface area contributed by atoms with E-state index in [0.29, 0.717) is 18.0 Å². The number of nitrogens with two attached hydrogens (primary N) is 1. The number of primary amides is 1. The number of pyridine rings is 1. The SMILES string of the molecule is CCCC(=O)N(c1ccc(-c2ccc(C(=O)O)o2)cc1)C(C)c1nc2ccccc2[nH]1.NC(=O)Cc1ccccn1. The number of carboxylic acids is 1. The lowest BCUT2D eigenvalue weighted by Gasteiger charge is -2.28. The Hall–Kier alpha value is -5.25. The molecule has 10 heteroatoms. The summed E-state index contributed by atoms with van der Waals surface area (Å²) in [7, 11) is 0. The van der Waals surface area contributed by atoms with Gasteiger partial charge in [-0.05, 0) is 74.0 Å². The van der Waals surface area contributed by atoms with Crippen molar-refractivity contribution in [2.24, 2.45) is 5.73 Å². The van der Waals surface area contributed by atoms with E-state index in [1.165, 1.54) is 6.07 Å². The van der Waals surface area contributed by atoms with Crippen LogP contribution in [0.5, 0.6) is 0 Å². The summed E-state index contributed by atoms with van der Waals surface area (Å²) in [5.74, 6) is -0.392. The predicted octanol–water partition coefficient (Wildman–Crippen LogP) is 5.52. The van der Waals surface area contributed by atoms with E-state index in [4.69, 9.17) is 15.3 Å². The van der Waals surface area contributed by atoms with Crippen LogP contribution in [0.3, 0.4) is 0 Å². The summed E-state index contributed by atoms with van der Waals surface area (Å²) in [6, 6.07) is 23.2. The number of nitrogens with zero attached hydrogens (tertiary/aromatic N) is 3. The van der Waals surface area contributed by atoms with Gasteiger partial charge in [-0.25, -0.2) is 9.78 Å². The number of nitrogens with one attached hydrogen (secondary N) is 1. The average molecular weight is 554 g/mol. The highest BCUT2D eigenvalue weighted by Crippen LogP contribution is 2.31. The first-order valence-electron chi connectivity index (χ1n) is 13.1. The molecule has 0 aliphatic rings. The number of hydrogen-bond donors (Lipinski definition) is 3. The summed E-state index contributed by atoms with van der Waals surface area (Å²) in [4.78, 5) is 48.1. The van der Waals surface area contributed by atoms with Gasteiger partial charge in [-0.3, -0.25) is 14.6 Å². The first-order valence-corrected chi connectivity index (χ1v) is 13.1. The Balaban J connectivity index is 0.000000328. The first kappa shape index (κ1) is 28.8. The number of fused-ring (bicyclic) bond motifs is 1. The molecule has 3 heterocycles. The van der Waals surface area contributed by atoms with Gasteiger partial charge in [0, 0.05) is 29.6 Å². The van der Waals surface area contributed by atoms with Crippen molar-refractivity contribution in [1.29, 1.82) is 0 Å². The van der Waals surface area contributed by atoms with Crippen molar-refractivity contribution >= 4 is 34.5 Å². The van der Waals surface area contributed by atoms with E-state index in [2.05, 4.69) is 15.0 Å². The van der Waals surface area contributed by atoms with Crippen LogP contribution in [0.25, 0.3) is 22.4 Å². The molecular weight excluding hydrogens is 522 g/mol. The Morgan fingerprint density at radius 1 is 1.00 bits per heavy atom. The number of carbonyl (C=O) groups is 3. The summed E-state index contributed by atoms with van der Waals surface area (Å²) >= 11 is 0. The number of imidazole rings is 1. The number of hydrogen-bond acceptors (Lipinski definition) is 6. The second kappa shape index (κ2) is 13.2. The van der Waals surface area contributed by atoms with Crippen molar-refractivity contribution < 1.29 is 23.9 Å². The lowest BCUT2D eigenvalue weighted by molar-refractivity contribution is -0.119. The molecule has 0 aliphatic carbocycles.